The van der Waals surface area contributed by atoms with Gasteiger partial charge in [-0.3, -0.25) is 4.79 Å². The summed E-state index contributed by atoms with van der Waals surface area (Å²) < 4.78 is 2.34. The van der Waals surface area contributed by atoms with Crippen LogP contribution in [-0.2, 0) is 13.0 Å². The Hall–Kier alpha value is -3.00. The van der Waals surface area contributed by atoms with Crippen molar-refractivity contribution in [3.05, 3.63) is 108 Å². The highest BCUT2D eigenvalue weighted by Gasteiger charge is 2.17. The molecule has 31 heavy (non-hydrogen) atoms. The first-order valence-corrected chi connectivity index (χ1v) is 10.9. The Balaban J connectivity index is 1.69. The maximum atomic E-state index is 13.0. The first-order chi connectivity index (χ1) is 15.0. The van der Waals surface area contributed by atoms with Gasteiger partial charge in [0, 0.05) is 27.4 Å². The van der Waals surface area contributed by atoms with Gasteiger partial charge in [0.05, 0.1) is 11.2 Å². The molecule has 0 fully saturated rings. The molecule has 9 heteroatoms. The molecular formula is C22H16Cl2N4O2S. The molecule has 2 heterocycles. The fourth-order valence-electron chi connectivity index (χ4n) is 2.92. The van der Waals surface area contributed by atoms with E-state index in [0.29, 0.717) is 33.4 Å². The molecule has 4 aromatic rings. The van der Waals surface area contributed by atoms with E-state index < -0.39 is 5.69 Å². The summed E-state index contributed by atoms with van der Waals surface area (Å²) in [6.45, 7) is -0.176. The molecule has 2 aromatic heterocycles. The molecular weight excluding hydrogens is 455 g/mol. The molecule has 6 nitrogen and oxygen atoms in total. The van der Waals surface area contributed by atoms with Gasteiger partial charge in [0.1, 0.15) is 6.54 Å². The average Bonchev–Trinajstić information content (AvgIpc) is 3.37. The Morgan fingerprint density at radius 1 is 1.10 bits per heavy atom. The highest BCUT2D eigenvalue weighted by Crippen LogP contribution is 2.19. The maximum Gasteiger partial charge on any atom is 0.367 e. The van der Waals surface area contributed by atoms with E-state index in [1.54, 1.807) is 53.8 Å². The van der Waals surface area contributed by atoms with Crippen LogP contribution >= 0.6 is 34.5 Å². The number of hydrogen-bond donors (Lipinski definition) is 0. The first-order valence-electron chi connectivity index (χ1n) is 9.30. The minimum atomic E-state index is -0.503. The normalized spacial score (nSPS) is 11.3. The van der Waals surface area contributed by atoms with Gasteiger partial charge in [-0.15, -0.1) is 11.3 Å². The standard InChI is InChI=1S/C22H16Cl2N4O2S/c23-17-9-8-16(19(24)11-17)13-25-28-21(12-18-7-4-10-31-18)26-27(22(28)30)14-20(29)15-5-2-1-3-6-15/h1-11,13H,12,14H2/b25-13+. The van der Waals surface area contributed by atoms with Gasteiger partial charge in [-0.25, -0.2) is 9.48 Å². The van der Waals surface area contributed by atoms with E-state index in [4.69, 9.17) is 23.2 Å². The lowest BCUT2D eigenvalue weighted by Gasteiger charge is -2.00. The predicted octanol–water partition coefficient (Wildman–Crippen LogP) is 4.77. The zero-order valence-electron chi connectivity index (χ0n) is 16.1. The quantitative estimate of drug-likeness (QED) is 0.288. The van der Waals surface area contributed by atoms with Gasteiger partial charge in [0.15, 0.2) is 11.6 Å². The third-order valence-corrected chi connectivity index (χ3v) is 5.90. The minimum absolute atomic E-state index is 0.176. The summed E-state index contributed by atoms with van der Waals surface area (Å²) >= 11 is 13.7. The van der Waals surface area contributed by atoms with Gasteiger partial charge >= 0.3 is 5.69 Å². The van der Waals surface area contributed by atoms with E-state index >= 15 is 0 Å². The second kappa shape index (κ2) is 9.43. The number of halogens is 2. The zero-order chi connectivity index (χ0) is 21.8. The monoisotopic (exact) mass is 470 g/mol. The lowest BCUT2D eigenvalue weighted by molar-refractivity contribution is 0.0966. The summed E-state index contributed by atoms with van der Waals surface area (Å²) in [6.07, 6.45) is 1.88. The predicted molar refractivity (Wildman–Crippen MR) is 124 cm³/mol. The van der Waals surface area contributed by atoms with Crippen molar-refractivity contribution in [1.29, 1.82) is 0 Å². The van der Waals surface area contributed by atoms with Gasteiger partial charge in [-0.1, -0.05) is 65.7 Å². The third kappa shape index (κ3) is 5.02. The van der Waals surface area contributed by atoms with Crippen LogP contribution in [0.15, 0.2) is 75.9 Å². The number of rotatable bonds is 7. The molecule has 4 rings (SSSR count). The fraction of sp³-hybridized carbons (Fsp3) is 0.0909. The van der Waals surface area contributed by atoms with Crippen LogP contribution in [0.5, 0.6) is 0 Å². The van der Waals surface area contributed by atoms with Crippen LogP contribution < -0.4 is 5.69 Å². The first kappa shape index (κ1) is 21.2. The second-order valence-electron chi connectivity index (χ2n) is 6.62. The number of carbonyl (C=O) groups excluding carboxylic acids is 1. The Labute approximate surface area is 192 Å². The molecule has 0 aliphatic heterocycles. The van der Waals surface area contributed by atoms with Crippen LogP contribution in [0.2, 0.25) is 10.0 Å². The van der Waals surface area contributed by atoms with Crippen LogP contribution in [0.25, 0.3) is 0 Å². The van der Waals surface area contributed by atoms with Crippen molar-refractivity contribution in [3.8, 4) is 0 Å². The summed E-state index contributed by atoms with van der Waals surface area (Å²) in [7, 11) is 0. The van der Waals surface area contributed by atoms with E-state index in [9.17, 15) is 9.59 Å². The zero-order valence-corrected chi connectivity index (χ0v) is 18.4. The Morgan fingerprint density at radius 3 is 2.61 bits per heavy atom. The Morgan fingerprint density at radius 2 is 1.90 bits per heavy atom. The smallest absolute Gasteiger partial charge is 0.292 e. The van der Waals surface area contributed by atoms with Gasteiger partial charge in [-0.2, -0.15) is 14.9 Å². The minimum Gasteiger partial charge on any atom is -0.292 e. The molecule has 0 aliphatic carbocycles. The summed E-state index contributed by atoms with van der Waals surface area (Å²) in [6, 6.07) is 17.7. The molecule has 0 spiro atoms. The number of hydrogen-bond acceptors (Lipinski definition) is 5. The van der Waals surface area contributed by atoms with Crippen molar-refractivity contribution in [3.63, 3.8) is 0 Å². The SMILES string of the molecule is O=C(Cn1nc(Cc2cccs2)n(/N=C/c2ccc(Cl)cc2Cl)c1=O)c1ccccc1. The van der Waals surface area contributed by atoms with Crippen molar-refractivity contribution in [2.75, 3.05) is 0 Å². The van der Waals surface area contributed by atoms with E-state index in [1.807, 2.05) is 23.6 Å². The second-order valence-corrected chi connectivity index (χ2v) is 8.50. The van der Waals surface area contributed by atoms with Gasteiger partial charge in [-0.05, 0) is 23.6 Å². The Kier molecular flexibility index (Phi) is 6.46. The fourth-order valence-corrected chi connectivity index (χ4v) is 4.08. The van der Waals surface area contributed by atoms with Crippen LogP contribution in [-0.4, -0.2) is 26.5 Å². The number of ketones is 1. The van der Waals surface area contributed by atoms with Gasteiger partial charge < -0.3 is 0 Å². The van der Waals surface area contributed by atoms with Crippen molar-refractivity contribution >= 4 is 46.5 Å². The maximum absolute atomic E-state index is 13.0. The van der Waals surface area contributed by atoms with E-state index in [-0.39, 0.29) is 12.3 Å². The van der Waals surface area contributed by atoms with E-state index in [1.165, 1.54) is 10.9 Å². The summed E-state index contributed by atoms with van der Waals surface area (Å²) in [5.74, 6) is 0.217. The molecule has 0 saturated heterocycles. The third-order valence-electron chi connectivity index (χ3n) is 4.46. The summed E-state index contributed by atoms with van der Waals surface area (Å²) in [4.78, 5) is 26.6. The largest absolute Gasteiger partial charge is 0.367 e. The van der Waals surface area contributed by atoms with Gasteiger partial charge in [0.25, 0.3) is 0 Å². The topological polar surface area (TPSA) is 69.2 Å². The van der Waals surface area contributed by atoms with Crippen LogP contribution in [0.3, 0.4) is 0 Å². The van der Waals surface area contributed by atoms with Crippen molar-refractivity contribution in [1.82, 2.24) is 14.5 Å². The molecule has 0 unspecified atom stereocenters. The highest BCUT2D eigenvalue weighted by atomic mass is 35.5. The molecule has 0 atom stereocenters. The molecule has 0 amide bonds. The van der Waals surface area contributed by atoms with Crippen LogP contribution in [0, 0.1) is 0 Å². The summed E-state index contributed by atoms with van der Waals surface area (Å²) in [5.41, 5.74) is 0.616. The number of nitrogens with zero attached hydrogens (tertiary/aromatic N) is 4. The molecule has 0 aliphatic rings. The van der Waals surface area contributed by atoms with Gasteiger partial charge in [0.2, 0.25) is 0 Å². The number of Topliss-reactive ketones (excluding diaryl/α,β-unsaturated/α-hetero) is 1. The lowest BCUT2D eigenvalue weighted by atomic mass is 10.1. The Bertz CT molecular complexity index is 1300. The van der Waals surface area contributed by atoms with E-state index in [2.05, 4.69) is 10.2 Å². The van der Waals surface area contributed by atoms with Crippen LogP contribution in [0.4, 0.5) is 0 Å². The van der Waals surface area contributed by atoms with Crippen molar-refractivity contribution in [2.45, 2.75) is 13.0 Å². The number of thiophene rings is 1. The molecule has 0 saturated carbocycles. The summed E-state index contributed by atoms with van der Waals surface area (Å²) in [5, 5.41) is 11.6. The molecule has 156 valence electrons. The number of carbonyl (C=O) groups is 1. The average molecular weight is 471 g/mol. The van der Waals surface area contributed by atoms with Crippen LogP contribution in [0.1, 0.15) is 26.6 Å². The van der Waals surface area contributed by atoms with Crippen molar-refractivity contribution in [2.24, 2.45) is 5.10 Å². The lowest BCUT2D eigenvalue weighted by Crippen LogP contribution is -2.26. The van der Waals surface area contributed by atoms with E-state index in [0.717, 1.165) is 9.56 Å². The molecule has 0 radical (unpaired) electrons. The highest BCUT2D eigenvalue weighted by molar-refractivity contribution is 7.09. The van der Waals surface area contributed by atoms with Crippen molar-refractivity contribution < 1.29 is 4.79 Å². The number of aromatic nitrogens is 3. The number of benzene rings is 2. The molecule has 2 aromatic carbocycles. The molecule has 0 N–H and O–H groups in total. The molecule has 0 bridgehead atoms.